The van der Waals surface area contributed by atoms with Crippen LogP contribution in [0.5, 0.6) is 11.5 Å². The molecule has 0 amide bonds. The minimum atomic E-state index is 0.264. The highest BCUT2D eigenvalue weighted by Crippen LogP contribution is 2.35. The van der Waals surface area contributed by atoms with Crippen molar-refractivity contribution in [1.82, 2.24) is 5.32 Å². The molecule has 2 rings (SSSR count). The Labute approximate surface area is 140 Å². The smallest absolute Gasteiger partial charge is 0.165 e. The maximum absolute atomic E-state index is 5.77. The van der Waals surface area contributed by atoms with Gasteiger partial charge in [0.25, 0.3) is 0 Å². The van der Waals surface area contributed by atoms with Crippen LogP contribution in [0.15, 0.2) is 46.9 Å². The van der Waals surface area contributed by atoms with E-state index in [0.29, 0.717) is 13.2 Å². The second-order valence-electron chi connectivity index (χ2n) is 5.04. The first-order chi connectivity index (χ1) is 10.7. The largest absolute Gasteiger partial charge is 0.493 e. The van der Waals surface area contributed by atoms with E-state index in [2.05, 4.69) is 58.5 Å². The van der Waals surface area contributed by atoms with E-state index in [9.17, 15) is 0 Å². The van der Waals surface area contributed by atoms with Gasteiger partial charge in [-0.05, 0) is 31.5 Å². The molecule has 1 N–H and O–H groups in total. The normalized spacial score (nSPS) is 12.0. The van der Waals surface area contributed by atoms with E-state index in [-0.39, 0.29) is 6.04 Å². The molecule has 3 nitrogen and oxygen atoms in total. The SMILES string of the molecule is CCOc1c(CN[C@@H](C)c2ccccc2)cc(Br)cc1OC. The van der Waals surface area contributed by atoms with Gasteiger partial charge in [0.1, 0.15) is 0 Å². The molecular formula is C18H22BrNO2. The molecule has 0 aromatic heterocycles. The molecule has 0 fully saturated rings. The van der Waals surface area contributed by atoms with Crippen molar-refractivity contribution in [2.75, 3.05) is 13.7 Å². The molecule has 0 radical (unpaired) electrons. The molecule has 1 atom stereocenters. The molecule has 0 aliphatic heterocycles. The number of benzene rings is 2. The lowest BCUT2D eigenvalue weighted by Crippen LogP contribution is -2.18. The molecule has 0 saturated heterocycles. The van der Waals surface area contributed by atoms with Gasteiger partial charge < -0.3 is 14.8 Å². The molecule has 0 spiro atoms. The van der Waals surface area contributed by atoms with Gasteiger partial charge in [-0.3, -0.25) is 0 Å². The van der Waals surface area contributed by atoms with Crippen molar-refractivity contribution in [1.29, 1.82) is 0 Å². The van der Waals surface area contributed by atoms with E-state index in [1.165, 1.54) is 5.56 Å². The van der Waals surface area contributed by atoms with Crippen molar-refractivity contribution in [2.45, 2.75) is 26.4 Å². The lowest BCUT2D eigenvalue weighted by atomic mass is 10.1. The quantitative estimate of drug-likeness (QED) is 0.772. The first-order valence-corrected chi connectivity index (χ1v) is 8.22. The van der Waals surface area contributed by atoms with E-state index >= 15 is 0 Å². The predicted octanol–water partition coefficient (Wildman–Crippen LogP) is 4.71. The number of rotatable bonds is 7. The molecule has 0 aliphatic rings. The van der Waals surface area contributed by atoms with Crippen LogP contribution in [0.4, 0.5) is 0 Å². The second kappa shape index (κ2) is 8.20. The summed E-state index contributed by atoms with van der Waals surface area (Å²) < 4.78 is 12.2. The van der Waals surface area contributed by atoms with Crippen LogP contribution in [0.3, 0.4) is 0 Å². The Morgan fingerprint density at radius 2 is 1.91 bits per heavy atom. The lowest BCUT2D eigenvalue weighted by Gasteiger charge is -2.18. The summed E-state index contributed by atoms with van der Waals surface area (Å²) in [6, 6.07) is 14.7. The summed E-state index contributed by atoms with van der Waals surface area (Å²) >= 11 is 3.53. The van der Waals surface area contributed by atoms with Gasteiger partial charge in [0.05, 0.1) is 13.7 Å². The molecule has 0 saturated carbocycles. The second-order valence-corrected chi connectivity index (χ2v) is 5.96. The summed E-state index contributed by atoms with van der Waals surface area (Å²) in [5.74, 6) is 1.56. The Morgan fingerprint density at radius 1 is 1.18 bits per heavy atom. The van der Waals surface area contributed by atoms with Crippen molar-refractivity contribution < 1.29 is 9.47 Å². The minimum absolute atomic E-state index is 0.264. The van der Waals surface area contributed by atoms with Gasteiger partial charge in [-0.2, -0.15) is 0 Å². The third-order valence-electron chi connectivity index (χ3n) is 3.50. The summed E-state index contributed by atoms with van der Waals surface area (Å²) in [5, 5.41) is 3.54. The molecule has 0 unspecified atom stereocenters. The summed E-state index contributed by atoms with van der Waals surface area (Å²) in [6.07, 6.45) is 0. The van der Waals surface area contributed by atoms with Gasteiger partial charge in [-0.25, -0.2) is 0 Å². The summed E-state index contributed by atoms with van der Waals surface area (Å²) in [7, 11) is 1.66. The van der Waals surface area contributed by atoms with E-state index < -0.39 is 0 Å². The molecule has 2 aromatic carbocycles. The van der Waals surface area contributed by atoms with E-state index in [1.807, 2.05) is 19.1 Å². The van der Waals surface area contributed by atoms with Crippen LogP contribution in [0.1, 0.15) is 31.0 Å². The summed E-state index contributed by atoms with van der Waals surface area (Å²) in [6.45, 7) is 5.45. The Kier molecular flexibility index (Phi) is 6.28. The molecule has 2 aromatic rings. The van der Waals surface area contributed by atoms with Crippen molar-refractivity contribution in [3.05, 3.63) is 58.1 Å². The fourth-order valence-electron chi connectivity index (χ4n) is 2.34. The summed E-state index contributed by atoms with van der Waals surface area (Å²) in [5.41, 5.74) is 2.35. The molecular weight excluding hydrogens is 342 g/mol. The van der Waals surface area contributed by atoms with Crippen molar-refractivity contribution >= 4 is 15.9 Å². The van der Waals surface area contributed by atoms with Crippen LogP contribution < -0.4 is 14.8 Å². The van der Waals surface area contributed by atoms with Crippen LogP contribution in [0.2, 0.25) is 0 Å². The summed E-state index contributed by atoms with van der Waals surface area (Å²) in [4.78, 5) is 0. The highest BCUT2D eigenvalue weighted by atomic mass is 79.9. The van der Waals surface area contributed by atoms with Gasteiger partial charge in [0, 0.05) is 22.6 Å². The van der Waals surface area contributed by atoms with Crippen LogP contribution in [0, 0.1) is 0 Å². The Balaban J connectivity index is 2.16. The monoisotopic (exact) mass is 363 g/mol. The number of hydrogen-bond acceptors (Lipinski definition) is 3. The molecule has 0 heterocycles. The number of hydrogen-bond donors (Lipinski definition) is 1. The zero-order valence-corrected chi connectivity index (χ0v) is 14.8. The highest BCUT2D eigenvalue weighted by Gasteiger charge is 2.13. The zero-order chi connectivity index (χ0) is 15.9. The Bertz CT molecular complexity index is 602. The number of halogens is 1. The number of ether oxygens (including phenoxy) is 2. The fourth-order valence-corrected chi connectivity index (χ4v) is 2.82. The maximum atomic E-state index is 5.77. The minimum Gasteiger partial charge on any atom is -0.493 e. The van der Waals surface area contributed by atoms with Gasteiger partial charge in [0.15, 0.2) is 11.5 Å². The third kappa shape index (κ3) is 4.24. The van der Waals surface area contributed by atoms with Crippen LogP contribution >= 0.6 is 15.9 Å². The first kappa shape index (κ1) is 16.8. The van der Waals surface area contributed by atoms with E-state index in [4.69, 9.17) is 9.47 Å². The first-order valence-electron chi connectivity index (χ1n) is 7.43. The van der Waals surface area contributed by atoms with Crippen molar-refractivity contribution in [3.63, 3.8) is 0 Å². The fraction of sp³-hybridized carbons (Fsp3) is 0.333. The van der Waals surface area contributed by atoms with Crippen molar-refractivity contribution in [3.8, 4) is 11.5 Å². The molecule has 4 heteroatoms. The molecule has 0 aliphatic carbocycles. The van der Waals surface area contributed by atoms with Gasteiger partial charge in [-0.1, -0.05) is 46.3 Å². The average Bonchev–Trinajstić information content (AvgIpc) is 2.55. The maximum Gasteiger partial charge on any atom is 0.165 e. The standard InChI is InChI=1S/C18H22BrNO2/c1-4-22-18-15(10-16(19)11-17(18)21-3)12-20-13(2)14-8-6-5-7-9-14/h5-11,13,20H,4,12H2,1-3H3/t13-/m0/s1. The van der Waals surface area contributed by atoms with Crippen molar-refractivity contribution in [2.24, 2.45) is 0 Å². The molecule has 0 bridgehead atoms. The topological polar surface area (TPSA) is 30.5 Å². The van der Waals surface area contributed by atoms with Crippen LogP contribution in [-0.2, 0) is 6.54 Å². The zero-order valence-electron chi connectivity index (χ0n) is 13.2. The number of methoxy groups -OCH3 is 1. The predicted molar refractivity (Wildman–Crippen MR) is 93.6 cm³/mol. The van der Waals surface area contributed by atoms with E-state index in [1.54, 1.807) is 7.11 Å². The third-order valence-corrected chi connectivity index (χ3v) is 3.96. The van der Waals surface area contributed by atoms with Gasteiger partial charge >= 0.3 is 0 Å². The van der Waals surface area contributed by atoms with Gasteiger partial charge in [0.2, 0.25) is 0 Å². The van der Waals surface area contributed by atoms with Crippen LogP contribution in [0.25, 0.3) is 0 Å². The van der Waals surface area contributed by atoms with Crippen LogP contribution in [-0.4, -0.2) is 13.7 Å². The van der Waals surface area contributed by atoms with Gasteiger partial charge in [-0.15, -0.1) is 0 Å². The Hall–Kier alpha value is -1.52. The highest BCUT2D eigenvalue weighted by molar-refractivity contribution is 9.10. The Morgan fingerprint density at radius 3 is 2.55 bits per heavy atom. The molecule has 118 valence electrons. The average molecular weight is 364 g/mol. The van der Waals surface area contributed by atoms with E-state index in [0.717, 1.165) is 21.5 Å². The number of nitrogens with one attached hydrogen (secondary N) is 1. The lowest BCUT2D eigenvalue weighted by molar-refractivity contribution is 0.306. The molecule has 22 heavy (non-hydrogen) atoms.